The molecule has 0 saturated heterocycles. The predicted octanol–water partition coefficient (Wildman–Crippen LogP) is 5.87. The number of allylic oxidation sites excluding steroid dienone is 1. The zero-order chi connectivity index (χ0) is 21.8. The van der Waals surface area contributed by atoms with Crippen LogP contribution in [0.3, 0.4) is 0 Å². The van der Waals surface area contributed by atoms with Crippen molar-refractivity contribution in [2.24, 2.45) is 5.16 Å². The minimum Gasteiger partial charge on any atom is -0.493 e. The van der Waals surface area contributed by atoms with E-state index in [0.29, 0.717) is 13.2 Å². The Morgan fingerprint density at radius 1 is 1.03 bits per heavy atom. The molecule has 0 heterocycles. The van der Waals surface area contributed by atoms with E-state index in [9.17, 15) is 0 Å². The molecule has 0 spiro atoms. The number of nitrogens with zero attached hydrogens (tertiary/aromatic N) is 1. The quantitative estimate of drug-likeness (QED) is 0.190. The minimum atomic E-state index is 0.0906. The molecule has 162 valence electrons. The summed E-state index contributed by atoms with van der Waals surface area (Å²) in [5, 5.41) is 3.78. The van der Waals surface area contributed by atoms with Crippen LogP contribution in [0.4, 0.5) is 0 Å². The Morgan fingerprint density at radius 3 is 2.50 bits per heavy atom. The lowest BCUT2D eigenvalue weighted by Gasteiger charge is -2.17. The molecule has 0 aliphatic rings. The Bertz CT molecular complexity index is 822. The highest BCUT2D eigenvalue weighted by Gasteiger charge is 2.09. The van der Waals surface area contributed by atoms with Crippen molar-refractivity contribution >= 4 is 6.21 Å². The van der Waals surface area contributed by atoms with Crippen LogP contribution in [-0.4, -0.2) is 32.6 Å². The van der Waals surface area contributed by atoms with Crippen LogP contribution < -0.4 is 14.2 Å². The summed E-state index contributed by atoms with van der Waals surface area (Å²) >= 11 is 0. The average Bonchev–Trinajstić information content (AvgIpc) is 2.71. The van der Waals surface area contributed by atoms with Crippen LogP contribution in [0, 0.1) is 13.8 Å². The van der Waals surface area contributed by atoms with Crippen LogP contribution in [0.25, 0.3) is 0 Å². The molecule has 5 nitrogen and oxygen atoms in total. The molecule has 0 radical (unpaired) electrons. The summed E-state index contributed by atoms with van der Waals surface area (Å²) in [6, 6.07) is 11.8. The molecule has 1 atom stereocenters. The molecule has 2 rings (SSSR count). The molecular weight excluding hydrogens is 378 g/mol. The van der Waals surface area contributed by atoms with E-state index in [2.05, 4.69) is 25.9 Å². The number of ether oxygens (including phenoxy) is 3. The number of benzene rings is 2. The fourth-order valence-corrected chi connectivity index (χ4v) is 3.08. The van der Waals surface area contributed by atoms with Gasteiger partial charge >= 0.3 is 0 Å². The van der Waals surface area contributed by atoms with Crippen LogP contribution in [0.2, 0.25) is 0 Å². The molecule has 0 aliphatic carbocycles. The summed E-state index contributed by atoms with van der Waals surface area (Å²) in [5.41, 5.74) is 3.11. The molecule has 0 amide bonds. The first-order valence-electron chi connectivity index (χ1n) is 10.3. The smallest absolute Gasteiger partial charge is 0.125 e. The first-order chi connectivity index (χ1) is 14.5. The van der Waals surface area contributed by atoms with Crippen LogP contribution in [0.1, 0.15) is 43.4 Å². The Labute approximate surface area is 180 Å². The maximum atomic E-state index is 6.06. The minimum absolute atomic E-state index is 0.0906. The van der Waals surface area contributed by atoms with Crippen molar-refractivity contribution in [3.63, 3.8) is 0 Å². The fourth-order valence-electron chi connectivity index (χ4n) is 3.08. The van der Waals surface area contributed by atoms with E-state index in [1.165, 1.54) is 7.11 Å². The molecule has 5 heteroatoms. The lowest BCUT2D eigenvalue weighted by atomic mass is 10.1. The summed E-state index contributed by atoms with van der Waals surface area (Å²) < 4.78 is 17.8. The summed E-state index contributed by atoms with van der Waals surface area (Å²) in [7, 11) is 1.53. The van der Waals surface area contributed by atoms with Crippen molar-refractivity contribution in [2.75, 3.05) is 20.3 Å². The molecule has 2 aromatic rings. The van der Waals surface area contributed by atoms with Crippen molar-refractivity contribution in [3.05, 3.63) is 65.2 Å². The third-order valence-corrected chi connectivity index (χ3v) is 4.52. The third-order valence-electron chi connectivity index (χ3n) is 4.52. The number of aryl methyl sites for hydroxylation is 2. The lowest BCUT2D eigenvalue weighted by Crippen LogP contribution is -2.13. The van der Waals surface area contributed by atoms with E-state index in [1.54, 1.807) is 6.21 Å². The van der Waals surface area contributed by atoms with Gasteiger partial charge in [-0.1, -0.05) is 29.4 Å². The van der Waals surface area contributed by atoms with Crippen LogP contribution in [0.15, 0.2) is 53.7 Å². The molecule has 1 unspecified atom stereocenters. The monoisotopic (exact) mass is 411 g/mol. The van der Waals surface area contributed by atoms with E-state index in [1.807, 2.05) is 55.5 Å². The Morgan fingerprint density at radius 2 is 1.80 bits per heavy atom. The van der Waals surface area contributed by atoms with Gasteiger partial charge < -0.3 is 19.0 Å². The van der Waals surface area contributed by atoms with Gasteiger partial charge in [-0.15, -0.1) is 0 Å². The third kappa shape index (κ3) is 7.82. The van der Waals surface area contributed by atoms with Gasteiger partial charge in [0.2, 0.25) is 0 Å². The lowest BCUT2D eigenvalue weighted by molar-refractivity contribution is 0.193. The first kappa shape index (κ1) is 23.3. The summed E-state index contributed by atoms with van der Waals surface area (Å²) in [4.78, 5) is 4.72. The number of hydrogen-bond acceptors (Lipinski definition) is 5. The zero-order valence-electron chi connectivity index (χ0n) is 18.7. The van der Waals surface area contributed by atoms with Gasteiger partial charge in [-0.2, -0.15) is 0 Å². The average molecular weight is 412 g/mol. The molecule has 0 aromatic heterocycles. The van der Waals surface area contributed by atoms with Gasteiger partial charge in [-0.05, 0) is 81.5 Å². The summed E-state index contributed by atoms with van der Waals surface area (Å²) in [6.45, 7) is 9.39. The van der Waals surface area contributed by atoms with Crippen LogP contribution >= 0.6 is 0 Å². The number of oxime groups is 1. The van der Waals surface area contributed by atoms with E-state index < -0.39 is 0 Å². The van der Waals surface area contributed by atoms with Crippen LogP contribution in [-0.2, 0) is 4.84 Å². The van der Waals surface area contributed by atoms with Gasteiger partial charge in [0.15, 0.2) is 0 Å². The van der Waals surface area contributed by atoms with Crippen molar-refractivity contribution < 1.29 is 19.0 Å². The van der Waals surface area contributed by atoms with Crippen molar-refractivity contribution in [2.45, 2.75) is 46.6 Å². The first-order valence-corrected chi connectivity index (χ1v) is 10.3. The van der Waals surface area contributed by atoms with Crippen molar-refractivity contribution in [3.8, 4) is 17.2 Å². The second-order valence-corrected chi connectivity index (χ2v) is 7.17. The highest BCUT2D eigenvalue weighted by molar-refractivity contribution is 5.79. The van der Waals surface area contributed by atoms with Gasteiger partial charge in [-0.25, -0.2) is 0 Å². The van der Waals surface area contributed by atoms with Gasteiger partial charge in [0.05, 0.1) is 18.9 Å². The summed E-state index contributed by atoms with van der Waals surface area (Å²) in [6.07, 6.45) is 7.53. The predicted molar refractivity (Wildman–Crippen MR) is 122 cm³/mol. The maximum absolute atomic E-state index is 6.06. The molecule has 0 bridgehead atoms. The second-order valence-electron chi connectivity index (χ2n) is 7.17. The van der Waals surface area contributed by atoms with E-state index in [-0.39, 0.29) is 6.10 Å². The van der Waals surface area contributed by atoms with Crippen LogP contribution in [0.5, 0.6) is 17.2 Å². The highest BCUT2D eigenvalue weighted by atomic mass is 16.6. The van der Waals surface area contributed by atoms with Gasteiger partial charge in [0.25, 0.3) is 0 Å². The molecule has 2 aromatic carbocycles. The maximum Gasteiger partial charge on any atom is 0.125 e. The van der Waals surface area contributed by atoms with E-state index in [0.717, 1.165) is 46.8 Å². The molecule has 0 saturated carbocycles. The van der Waals surface area contributed by atoms with Gasteiger partial charge in [-0.3, -0.25) is 0 Å². The Hall–Kier alpha value is -2.95. The molecule has 0 aliphatic heterocycles. The number of rotatable bonds is 12. The Balaban J connectivity index is 1.80. The molecular formula is C25H33NO4. The zero-order valence-corrected chi connectivity index (χ0v) is 18.7. The van der Waals surface area contributed by atoms with Gasteiger partial charge in [0, 0.05) is 0 Å². The normalized spacial score (nSPS) is 12.3. The largest absolute Gasteiger partial charge is 0.493 e. The Kier molecular flexibility index (Phi) is 9.78. The standard InChI is InChI=1S/C25H33NO4/c1-6-7-13-28-24-15-19(2)25(20(3)16-24)29-14-9-10-21(4)30-23-12-8-11-22(17-23)18-26-27-5/h6-8,11-12,15-18,21H,9-10,13-14H2,1-5H3/b7-6+,26-18-. The topological polar surface area (TPSA) is 49.3 Å². The van der Waals surface area contributed by atoms with Gasteiger partial charge in [0.1, 0.15) is 31.0 Å². The highest BCUT2D eigenvalue weighted by Crippen LogP contribution is 2.28. The van der Waals surface area contributed by atoms with E-state index in [4.69, 9.17) is 19.0 Å². The summed E-state index contributed by atoms with van der Waals surface area (Å²) in [5.74, 6) is 2.63. The van der Waals surface area contributed by atoms with Crippen molar-refractivity contribution in [1.82, 2.24) is 0 Å². The SMILES string of the molecule is C/C=C/COc1cc(C)c(OCCCC(C)Oc2cccc(/C=N\OC)c2)c(C)c1. The second kappa shape index (κ2) is 12.6. The fraction of sp³-hybridized carbons (Fsp3) is 0.400. The van der Waals surface area contributed by atoms with E-state index >= 15 is 0 Å². The molecule has 0 fully saturated rings. The number of hydrogen-bond donors (Lipinski definition) is 0. The molecule has 30 heavy (non-hydrogen) atoms. The van der Waals surface area contributed by atoms with Crippen molar-refractivity contribution in [1.29, 1.82) is 0 Å². The molecule has 0 N–H and O–H groups in total.